The highest BCUT2D eigenvalue weighted by Crippen LogP contribution is 2.41. The molecule has 2 aromatic rings. The Labute approximate surface area is 151 Å². The van der Waals surface area contributed by atoms with Gasteiger partial charge in [0.15, 0.2) is 0 Å². The van der Waals surface area contributed by atoms with Crippen molar-refractivity contribution in [1.82, 2.24) is 4.31 Å². The van der Waals surface area contributed by atoms with Crippen molar-refractivity contribution in [1.29, 1.82) is 5.26 Å². The maximum atomic E-state index is 13.2. The van der Waals surface area contributed by atoms with E-state index in [4.69, 9.17) is 16.9 Å². The van der Waals surface area contributed by atoms with Gasteiger partial charge in [-0.15, -0.1) is 0 Å². The average molecular weight is 379 g/mol. The smallest absolute Gasteiger partial charge is 0.207 e. The quantitative estimate of drug-likeness (QED) is 0.797. The lowest BCUT2D eigenvalue weighted by Crippen LogP contribution is -2.37. The molecular formula is C18H16ClFN2O2S. The van der Waals surface area contributed by atoms with Gasteiger partial charge in [0, 0.05) is 11.1 Å². The van der Waals surface area contributed by atoms with Crippen molar-refractivity contribution in [2.24, 2.45) is 0 Å². The number of halogens is 2. The Hall–Kier alpha value is -1.94. The van der Waals surface area contributed by atoms with E-state index in [1.54, 1.807) is 12.1 Å². The van der Waals surface area contributed by atoms with Crippen LogP contribution in [0.25, 0.3) is 0 Å². The molecule has 0 saturated carbocycles. The molecule has 25 heavy (non-hydrogen) atoms. The van der Waals surface area contributed by atoms with E-state index in [0.29, 0.717) is 17.9 Å². The second kappa shape index (κ2) is 7.12. The summed E-state index contributed by atoms with van der Waals surface area (Å²) in [5.74, 6) is -0.373. The van der Waals surface area contributed by atoms with Crippen LogP contribution in [0.1, 0.15) is 30.9 Å². The van der Waals surface area contributed by atoms with E-state index >= 15 is 0 Å². The van der Waals surface area contributed by atoms with Crippen molar-refractivity contribution in [3.05, 3.63) is 64.9 Å². The van der Waals surface area contributed by atoms with E-state index in [0.717, 1.165) is 5.56 Å². The summed E-state index contributed by atoms with van der Waals surface area (Å²) in [6.45, 7) is 0. The number of sulfonamides is 1. The second-order valence-corrected chi connectivity index (χ2v) is 8.23. The third-order valence-electron chi connectivity index (χ3n) is 4.41. The lowest BCUT2D eigenvalue weighted by Gasteiger charge is -2.28. The Kier molecular flexibility index (Phi) is 5.09. The number of hydrogen-bond acceptors (Lipinski definition) is 3. The minimum Gasteiger partial charge on any atom is -0.207 e. The van der Waals surface area contributed by atoms with Crippen LogP contribution in [0.5, 0.6) is 0 Å². The zero-order valence-electron chi connectivity index (χ0n) is 13.3. The molecule has 3 rings (SSSR count). The number of rotatable bonds is 4. The number of nitriles is 1. The third-order valence-corrected chi connectivity index (χ3v) is 6.64. The molecule has 0 amide bonds. The summed E-state index contributed by atoms with van der Waals surface area (Å²) in [6, 6.07) is 13.0. The van der Waals surface area contributed by atoms with Crippen molar-refractivity contribution in [2.45, 2.75) is 36.2 Å². The molecule has 4 nitrogen and oxygen atoms in total. The van der Waals surface area contributed by atoms with E-state index in [2.05, 4.69) is 6.07 Å². The molecule has 1 heterocycles. The summed E-state index contributed by atoms with van der Waals surface area (Å²) < 4.78 is 41.0. The van der Waals surface area contributed by atoms with E-state index < -0.39 is 22.1 Å². The van der Waals surface area contributed by atoms with Crippen LogP contribution in [0.4, 0.5) is 4.39 Å². The SMILES string of the molecule is N#CCC1CCC(c2ccc(F)cc2)N1S(=O)(=O)c1ccc(Cl)cc1. The second-order valence-electron chi connectivity index (χ2n) is 5.95. The molecule has 2 atom stereocenters. The van der Waals surface area contributed by atoms with Gasteiger partial charge in [-0.3, -0.25) is 0 Å². The molecule has 1 aliphatic heterocycles. The monoisotopic (exact) mass is 378 g/mol. The molecule has 130 valence electrons. The van der Waals surface area contributed by atoms with Gasteiger partial charge < -0.3 is 0 Å². The molecule has 0 N–H and O–H groups in total. The van der Waals surface area contributed by atoms with Crippen LogP contribution in [-0.4, -0.2) is 18.8 Å². The molecule has 0 aromatic heterocycles. The first kappa shape index (κ1) is 17.9. The Balaban J connectivity index is 2.04. The first-order valence-electron chi connectivity index (χ1n) is 7.85. The Morgan fingerprint density at radius 1 is 1.12 bits per heavy atom. The highest BCUT2D eigenvalue weighted by Gasteiger charge is 2.42. The summed E-state index contributed by atoms with van der Waals surface area (Å²) in [5, 5.41) is 9.52. The van der Waals surface area contributed by atoms with Crippen LogP contribution >= 0.6 is 11.6 Å². The molecule has 0 radical (unpaired) electrons. The van der Waals surface area contributed by atoms with Gasteiger partial charge in [0.1, 0.15) is 5.82 Å². The number of nitrogens with zero attached hydrogens (tertiary/aromatic N) is 2. The normalized spacial score (nSPS) is 21.2. The van der Waals surface area contributed by atoms with Gasteiger partial charge >= 0.3 is 0 Å². The minimum absolute atomic E-state index is 0.116. The predicted molar refractivity (Wildman–Crippen MR) is 92.9 cm³/mol. The van der Waals surface area contributed by atoms with Crippen molar-refractivity contribution in [3.63, 3.8) is 0 Å². The highest BCUT2D eigenvalue weighted by atomic mass is 35.5. The van der Waals surface area contributed by atoms with Crippen LogP contribution in [-0.2, 0) is 10.0 Å². The van der Waals surface area contributed by atoms with Gasteiger partial charge in [-0.05, 0) is 54.8 Å². The van der Waals surface area contributed by atoms with Crippen LogP contribution in [0, 0.1) is 17.1 Å². The van der Waals surface area contributed by atoms with Crippen molar-refractivity contribution in [2.75, 3.05) is 0 Å². The van der Waals surface area contributed by atoms with Crippen molar-refractivity contribution >= 4 is 21.6 Å². The first-order valence-corrected chi connectivity index (χ1v) is 9.67. The van der Waals surface area contributed by atoms with Crippen LogP contribution in [0.3, 0.4) is 0 Å². The van der Waals surface area contributed by atoms with E-state index in [-0.39, 0.29) is 17.1 Å². The van der Waals surface area contributed by atoms with Gasteiger partial charge in [-0.2, -0.15) is 9.57 Å². The van der Waals surface area contributed by atoms with Gasteiger partial charge in [0.05, 0.1) is 23.4 Å². The van der Waals surface area contributed by atoms with Crippen molar-refractivity contribution in [3.8, 4) is 6.07 Å². The molecule has 7 heteroatoms. The highest BCUT2D eigenvalue weighted by molar-refractivity contribution is 7.89. The summed E-state index contributed by atoms with van der Waals surface area (Å²) in [7, 11) is -3.80. The fourth-order valence-electron chi connectivity index (χ4n) is 3.25. The average Bonchev–Trinajstić information content (AvgIpc) is 3.01. The topological polar surface area (TPSA) is 61.2 Å². The lowest BCUT2D eigenvalue weighted by atomic mass is 10.1. The Bertz CT molecular complexity index is 892. The van der Waals surface area contributed by atoms with Gasteiger partial charge in [-0.1, -0.05) is 23.7 Å². The zero-order chi connectivity index (χ0) is 18.0. The fraction of sp³-hybridized carbons (Fsp3) is 0.278. The summed E-state index contributed by atoms with van der Waals surface area (Å²) in [4.78, 5) is 0.133. The van der Waals surface area contributed by atoms with E-state index in [1.807, 2.05) is 0 Å². The van der Waals surface area contributed by atoms with Crippen LogP contribution < -0.4 is 0 Å². The van der Waals surface area contributed by atoms with Gasteiger partial charge in [0.25, 0.3) is 0 Å². The summed E-state index contributed by atoms with van der Waals surface area (Å²) in [6.07, 6.45) is 1.29. The maximum absolute atomic E-state index is 13.2. The molecule has 1 saturated heterocycles. The molecular weight excluding hydrogens is 363 g/mol. The molecule has 2 aromatic carbocycles. The predicted octanol–water partition coefficient (Wildman–Crippen LogP) is 4.29. The maximum Gasteiger partial charge on any atom is 0.243 e. The first-order chi connectivity index (χ1) is 11.9. The zero-order valence-corrected chi connectivity index (χ0v) is 14.8. The van der Waals surface area contributed by atoms with Crippen LogP contribution in [0.2, 0.25) is 5.02 Å². The van der Waals surface area contributed by atoms with Crippen LogP contribution in [0.15, 0.2) is 53.4 Å². The molecule has 0 aliphatic carbocycles. The molecule has 1 fully saturated rings. The number of benzene rings is 2. The Morgan fingerprint density at radius 3 is 2.36 bits per heavy atom. The number of hydrogen-bond donors (Lipinski definition) is 0. The Morgan fingerprint density at radius 2 is 1.76 bits per heavy atom. The minimum atomic E-state index is -3.80. The van der Waals surface area contributed by atoms with Gasteiger partial charge in [-0.25, -0.2) is 12.8 Å². The fourth-order valence-corrected chi connectivity index (χ4v) is 5.23. The summed E-state index contributed by atoms with van der Waals surface area (Å²) in [5.41, 5.74) is 0.722. The summed E-state index contributed by atoms with van der Waals surface area (Å²) >= 11 is 5.85. The molecule has 0 spiro atoms. The van der Waals surface area contributed by atoms with E-state index in [1.165, 1.54) is 40.7 Å². The third kappa shape index (κ3) is 3.54. The lowest BCUT2D eigenvalue weighted by molar-refractivity contribution is 0.328. The largest absolute Gasteiger partial charge is 0.243 e. The van der Waals surface area contributed by atoms with Gasteiger partial charge in [0.2, 0.25) is 10.0 Å². The molecule has 2 unspecified atom stereocenters. The molecule has 0 bridgehead atoms. The standard InChI is InChI=1S/C18H16ClFN2O2S/c19-14-3-8-17(9-4-14)25(23,24)22-16(11-12-21)7-10-18(22)13-1-5-15(20)6-2-13/h1-6,8-9,16,18H,7,10-11H2. The van der Waals surface area contributed by atoms with E-state index in [9.17, 15) is 12.8 Å². The molecule has 1 aliphatic rings. The van der Waals surface area contributed by atoms with Crippen molar-refractivity contribution < 1.29 is 12.8 Å².